The van der Waals surface area contributed by atoms with Crippen LogP contribution in [0.3, 0.4) is 0 Å². The van der Waals surface area contributed by atoms with Gasteiger partial charge in [0, 0.05) is 24.7 Å². The van der Waals surface area contributed by atoms with Gasteiger partial charge in [-0.25, -0.2) is 5.01 Å². The number of carbonyl (C=O) groups excluding carboxylic acids is 1. The minimum absolute atomic E-state index is 0.00344. The molecule has 30 heavy (non-hydrogen) atoms. The van der Waals surface area contributed by atoms with Gasteiger partial charge in [0.2, 0.25) is 0 Å². The van der Waals surface area contributed by atoms with Gasteiger partial charge < -0.3 is 14.2 Å². The van der Waals surface area contributed by atoms with Crippen molar-refractivity contribution >= 4 is 11.6 Å². The van der Waals surface area contributed by atoms with Crippen molar-refractivity contribution < 1.29 is 32.2 Å². The number of hydrogen-bond donors (Lipinski definition) is 0. The highest BCUT2D eigenvalue weighted by Crippen LogP contribution is 2.44. The fourth-order valence-electron chi connectivity index (χ4n) is 3.41. The van der Waals surface area contributed by atoms with Gasteiger partial charge in [-0.1, -0.05) is 30.3 Å². The topological polar surface area (TPSA) is 60.4 Å². The molecule has 0 spiro atoms. The SMILES string of the molecule is COc1ccc(C2=NN(C(=O)C(OC)(c3ccccc3)C(F)(F)F)CC2)cc1OC. The van der Waals surface area contributed by atoms with E-state index in [2.05, 4.69) is 5.10 Å². The number of alkyl halides is 3. The molecular weight excluding hydrogens is 401 g/mol. The molecule has 0 aromatic heterocycles. The van der Waals surface area contributed by atoms with Crippen LogP contribution in [0.2, 0.25) is 0 Å². The molecule has 1 aliphatic rings. The van der Waals surface area contributed by atoms with Gasteiger partial charge in [-0.3, -0.25) is 4.79 Å². The van der Waals surface area contributed by atoms with Crippen molar-refractivity contribution in [3.8, 4) is 11.5 Å². The van der Waals surface area contributed by atoms with Gasteiger partial charge in [-0.2, -0.15) is 18.3 Å². The maximum atomic E-state index is 14.1. The summed E-state index contributed by atoms with van der Waals surface area (Å²) in [4.78, 5) is 13.1. The lowest BCUT2D eigenvalue weighted by Gasteiger charge is -2.35. The highest BCUT2D eigenvalue weighted by Gasteiger charge is 2.64. The van der Waals surface area contributed by atoms with E-state index in [4.69, 9.17) is 14.2 Å². The molecule has 2 aromatic rings. The number of methoxy groups -OCH3 is 3. The molecular formula is C21H21F3N2O4. The Morgan fingerprint density at radius 3 is 2.23 bits per heavy atom. The zero-order valence-electron chi connectivity index (χ0n) is 16.7. The lowest BCUT2D eigenvalue weighted by atomic mass is 9.91. The zero-order valence-corrected chi connectivity index (χ0v) is 16.7. The fraction of sp³-hybridized carbons (Fsp3) is 0.333. The summed E-state index contributed by atoms with van der Waals surface area (Å²) in [6.07, 6.45) is -4.70. The van der Waals surface area contributed by atoms with Crippen molar-refractivity contribution in [3.05, 3.63) is 59.7 Å². The van der Waals surface area contributed by atoms with Crippen LogP contribution in [-0.2, 0) is 15.1 Å². The molecule has 9 heteroatoms. The summed E-state index contributed by atoms with van der Waals surface area (Å²) in [5.41, 5.74) is -2.37. The third kappa shape index (κ3) is 3.60. The second kappa shape index (κ2) is 8.35. The molecule has 2 aromatic carbocycles. The monoisotopic (exact) mass is 422 g/mol. The Hall–Kier alpha value is -3.07. The van der Waals surface area contributed by atoms with E-state index in [-0.39, 0.29) is 18.5 Å². The lowest BCUT2D eigenvalue weighted by Crippen LogP contribution is -2.55. The molecule has 3 rings (SSSR count). The Labute approximate surface area is 171 Å². The standard InChI is InChI=1S/C21H21F3N2O4/c1-28-17-10-9-14(13-18(17)29-2)16-11-12-26(25-16)19(27)20(30-3,21(22,23)24)15-7-5-4-6-8-15/h4-10,13H,11-12H2,1-3H3. The number of carbonyl (C=O) groups is 1. The fourth-order valence-corrected chi connectivity index (χ4v) is 3.41. The van der Waals surface area contributed by atoms with Crippen molar-refractivity contribution in [1.82, 2.24) is 5.01 Å². The molecule has 1 atom stereocenters. The first kappa shape index (κ1) is 21.6. The second-order valence-corrected chi connectivity index (χ2v) is 6.54. The van der Waals surface area contributed by atoms with E-state index >= 15 is 0 Å². The molecule has 0 bridgehead atoms. The number of amides is 1. The first-order valence-electron chi connectivity index (χ1n) is 9.07. The molecule has 1 amide bonds. The number of hydrogen-bond acceptors (Lipinski definition) is 5. The summed E-state index contributed by atoms with van der Waals surface area (Å²) in [5.74, 6) is -0.334. The van der Waals surface area contributed by atoms with Gasteiger partial charge in [0.25, 0.3) is 11.5 Å². The summed E-state index contributed by atoms with van der Waals surface area (Å²) in [6.45, 7) is -0.00344. The van der Waals surface area contributed by atoms with Gasteiger partial charge >= 0.3 is 6.18 Å². The molecule has 1 unspecified atom stereocenters. The number of rotatable bonds is 6. The average Bonchev–Trinajstić information content (AvgIpc) is 3.24. The van der Waals surface area contributed by atoms with Crippen LogP contribution >= 0.6 is 0 Å². The third-order valence-corrected chi connectivity index (χ3v) is 4.94. The van der Waals surface area contributed by atoms with Crippen LogP contribution in [0.1, 0.15) is 17.5 Å². The summed E-state index contributed by atoms with van der Waals surface area (Å²) >= 11 is 0. The number of benzene rings is 2. The summed E-state index contributed by atoms with van der Waals surface area (Å²) < 4.78 is 57.6. The summed E-state index contributed by atoms with van der Waals surface area (Å²) in [5, 5.41) is 4.98. The van der Waals surface area contributed by atoms with E-state index in [1.807, 2.05) is 0 Å². The van der Waals surface area contributed by atoms with E-state index in [9.17, 15) is 18.0 Å². The van der Waals surface area contributed by atoms with Crippen LogP contribution in [0.15, 0.2) is 53.6 Å². The number of hydrazone groups is 1. The van der Waals surface area contributed by atoms with Crippen LogP contribution in [0.5, 0.6) is 11.5 Å². The Morgan fingerprint density at radius 2 is 1.67 bits per heavy atom. The maximum absolute atomic E-state index is 14.1. The van der Waals surface area contributed by atoms with Gasteiger partial charge in [-0.15, -0.1) is 0 Å². The molecule has 160 valence electrons. The molecule has 0 fully saturated rings. The van der Waals surface area contributed by atoms with E-state index in [0.717, 1.165) is 12.1 Å². The number of nitrogens with zero attached hydrogens (tertiary/aromatic N) is 2. The van der Waals surface area contributed by atoms with E-state index in [1.54, 1.807) is 24.3 Å². The van der Waals surface area contributed by atoms with Crippen LogP contribution in [0.4, 0.5) is 13.2 Å². The van der Waals surface area contributed by atoms with Crippen molar-refractivity contribution in [1.29, 1.82) is 0 Å². The molecule has 1 heterocycles. The van der Waals surface area contributed by atoms with Crippen LogP contribution in [0.25, 0.3) is 0 Å². The Bertz CT molecular complexity index is 947. The predicted molar refractivity (Wildman–Crippen MR) is 104 cm³/mol. The summed E-state index contributed by atoms with van der Waals surface area (Å²) in [6, 6.07) is 11.9. The van der Waals surface area contributed by atoms with Crippen molar-refractivity contribution in [2.24, 2.45) is 5.10 Å². The zero-order chi connectivity index (χ0) is 21.9. The largest absolute Gasteiger partial charge is 0.493 e. The van der Waals surface area contributed by atoms with Gasteiger partial charge in [0.05, 0.1) is 26.5 Å². The van der Waals surface area contributed by atoms with Gasteiger partial charge in [-0.05, 0) is 18.2 Å². The number of halogens is 3. The molecule has 0 saturated carbocycles. The molecule has 0 aliphatic carbocycles. The van der Waals surface area contributed by atoms with Crippen LogP contribution < -0.4 is 9.47 Å². The first-order chi connectivity index (χ1) is 14.3. The van der Waals surface area contributed by atoms with Crippen LogP contribution in [-0.4, -0.2) is 50.7 Å². The Balaban J connectivity index is 1.99. The minimum Gasteiger partial charge on any atom is -0.493 e. The third-order valence-electron chi connectivity index (χ3n) is 4.94. The average molecular weight is 422 g/mol. The van der Waals surface area contributed by atoms with E-state index in [1.165, 1.54) is 38.5 Å². The lowest BCUT2D eigenvalue weighted by molar-refractivity contribution is -0.270. The van der Waals surface area contributed by atoms with Crippen molar-refractivity contribution in [2.75, 3.05) is 27.9 Å². The minimum atomic E-state index is -4.98. The first-order valence-corrected chi connectivity index (χ1v) is 9.07. The summed E-state index contributed by atoms with van der Waals surface area (Å²) in [7, 11) is 3.84. The molecule has 1 aliphatic heterocycles. The smallest absolute Gasteiger partial charge is 0.431 e. The second-order valence-electron chi connectivity index (χ2n) is 6.54. The van der Waals surface area contributed by atoms with Crippen molar-refractivity contribution in [3.63, 3.8) is 0 Å². The van der Waals surface area contributed by atoms with E-state index < -0.39 is 17.7 Å². The number of ether oxygens (including phenoxy) is 3. The van der Waals surface area contributed by atoms with Gasteiger partial charge in [0.15, 0.2) is 11.5 Å². The normalized spacial score (nSPS) is 16.1. The highest BCUT2D eigenvalue weighted by molar-refractivity contribution is 6.03. The predicted octanol–water partition coefficient (Wildman–Crippen LogP) is 3.74. The quantitative estimate of drug-likeness (QED) is 0.712. The Kier molecular flexibility index (Phi) is 6.02. The molecule has 0 saturated heterocycles. The van der Waals surface area contributed by atoms with Gasteiger partial charge in [0.1, 0.15) is 0 Å². The van der Waals surface area contributed by atoms with Crippen LogP contribution in [0, 0.1) is 0 Å². The molecule has 0 radical (unpaired) electrons. The van der Waals surface area contributed by atoms with E-state index in [0.29, 0.717) is 22.8 Å². The molecule has 6 nitrogen and oxygen atoms in total. The maximum Gasteiger partial charge on any atom is 0.431 e. The molecule has 0 N–H and O–H groups in total. The highest BCUT2D eigenvalue weighted by atomic mass is 19.4. The Morgan fingerprint density at radius 1 is 1.00 bits per heavy atom. The van der Waals surface area contributed by atoms with Crippen molar-refractivity contribution in [2.45, 2.75) is 18.2 Å².